The van der Waals surface area contributed by atoms with E-state index in [-0.39, 0.29) is 9.37 Å². The van der Waals surface area contributed by atoms with Gasteiger partial charge in [-0.1, -0.05) is 0 Å². The molecule has 58 valence electrons. The first-order valence-corrected chi connectivity index (χ1v) is 4.71. The SMILES string of the molecule is O=[As]c1cc(F)c(Cl)cc1F. The van der Waals surface area contributed by atoms with Gasteiger partial charge in [0.2, 0.25) is 0 Å². The van der Waals surface area contributed by atoms with Crippen LogP contribution in [0.2, 0.25) is 5.02 Å². The van der Waals surface area contributed by atoms with Crippen LogP contribution in [-0.4, -0.2) is 15.7 Å². The van der Waals surface area contributed by atoms with Crippen molar-refractivity contribution in [1.29, 1.82) is 0 Å². The first kappa shape index (κ1) is 8.82. The second kappa shape index (κ2) is 3.42. The molecule has 0 aliphatic carbocycles. The second-order valence-corrected chi connectivity index (χ2v) is 3.61. The Balaban J connectivity index is 3.31. The first-order valence-electron chi connectivity index (χ1n) is 2.63. The van der Waals surface area contributed by atoms with Gasteiger partial charge in [-0.2, -0.15) is 0 Å². The van der Waals surface area contributed by atoms with E-state index < -0.39 is 27.3 Å². The summed E-state index contributed by atoms with van der Waals surface area (Å²) in [5, 5.41) is -0.291. The van der Waals surface area contributed by atoms with Gasteiger partial charge in [0.15, 0.2) is 0 Å². The molecule has 0 amide bonds. The van der Waals surface area contributed by atoms with Crippen molar-refractivity contribution in [2.24, 2.45) is 0 Å². The molecule has 0 saturated heterocycles. The third-order valence-corrected chi connectivity index (χ3v) is 2.51. The molecular weight excluding hydrogens is 236 g/mol. The molecule has 0 aromatic heterocycles. The first-order chi connectivity index (χ1) is 5.15. The molecule has 0 atom stereocenters. The fourth-order valence-electron chi connectivity index (χ4n) is 0.582. The van der Waals surface area contributed by atoms with E-state index in [9.17, 15) is 12.5 Å². The van der Waals surface area contributed by atoms with E-state index in [0.29, 0.717) is 0 Å². The second-order valence-electron chi connectivity index (χ2n) is 1.81. The van der Waals surface area contributed by atoms with Gasteiger partial charge in [0.05, 0.1) is 0 Å². The normalized spacial score (nSPS) is 10.5. The fourth-order valence-corrected chi connectivity index (χ4v) is 1.40. The van der Waals surface area contributed by atoms with Gasteiger partial charge in [0.25, 0.3) is 0 Å². The van der Waals surface area contributed by atoms with Gasteiger partial charge in [-0.05, 0) is 0 Å². The zero-order valence-corrected chi connectivity index (χ0v) is 7.78. The van der Waals surface area contributed by atoms with Gasteiger partial charge in [-0.3, -0.25) is 0 Å². The molecule has 11 heavy (non-hydrogen) atoms. The Morgan fingerprint density at radius 2 is 1.91 bits per heavy atom. The average Bonchev–Trinajstić information content (AvgIpc) is 1.97. The van der Waals surface area contributed by atoms with Crippen LogP contribution in [0.1, 0.15) is 0 Å². The van der Waals surface area contributed by atoms with E-state index in [1.165, 1.54) is 0 Å². The predicted octanol–water partition coefficient (Wildman–Crippen LogP) is 1.29. The monoisotopic (exact) mass is 238 g/mol. The topological polar surface area (TPSA) is 17.1 Å². The van der Waals surface area contributed by atoms with Crippen molar-refractivity contribution in [3.05, 3.63) is 28.8 Å². The van der Waals surface area contributed by atoms with Crippen molar-refractivity contribution >= 4 is 31.6 Å². The van der Waals surface area contributed by atoms with E-state index in [0.717, 1.165) is 12.1 Å². The maximum atomic E-state index is 12.6. The molecule has 0 aliphatic rings. The molecule has 0 spiro atoms. The van der Waals surface area contributed by atoms with Crippen LogP contribution < -0.4 is 4.35 Å². The Bertz CT molecular complexity index is 303. The Labute approximate surface area is 73.3 Å². The number of benzene rings is 1. The van der Waals surface area contributed by atoms with E-state index in [1.807, 2.05) is 0 Å². The predicted molar refractivity (Wildman–Crippen MR) is 37.4 cm³/mol. The Hall–Kier alpha value is -0.272. The van der Waals surface area contributed by atoms with Crippen LogP contribution in [0.25, 0.3) is 0 Å². The summed E-state index contributed by atoms with van der Waals surface area (Å²) in [5.41, 5.74) is 0. The number of hydrogen-bond donors (Lipinski definition) is 0. The summed E-state index contributed by atoms with van der Waals surface area (Å²) in [6.07, 6.45) is 0. The van der Waals surface area contributed by atoms with Crippen LogP contribution in [-0.2, 0) is 3.74 Å². The van der Waals surface area contributed by atoms with Gasteiger partial charge < -0.3 is 0 Å². The number of hydrogen-bond acceptors (Lipinski definition) is 1. The summed E-state index contributed by atoms with van der Waals surface area (Å²) in [7, 11) is 0. The van der Waals surface area contributed by atoms with Gasteiger partial charge in [0, 0.05) is 0 Å². The molecule has 1 nitrogen and oxygen atoms in total. The molecule has 0 unspecified atom stereocenters. The summed E-state index contributed by atoms with van der Waals surface area (Å²) in [6, 6.07) is 1.67. The molecule has 0 N–H and O–H groups in total. The fraction of sp³-hybridized carbons (Fsp3) is 0. The van der Waals surface area contributed by atoms with Crippen LogP contribution in [0, 0.1) is 11.6 Å². The summed E-state index contributed by atoms with van der Waals surface area (Å²) >= 11 is 3.70. The van der Waals surface area contributed by atoms with Crippen molar-refractivity contribution in [2.45, 2.75) is 0 Å². The van der Waals surface area contributed by atoms with Gasteiger partial charge >= 0.3 is 73.0 Å². The van der Waals surface area contributed by atoms with Crippen LogP contribution in [0.15, 0.2) is 12.1 Å². The molecule has 0 aliphatic heterocycles. The summed E-state index contributed by atoms with van der Waals surface area (Å²) < 4.78 is 35.3. The van der Waals surface area contributed by atoms with Crippen molar-refractivity contribution in [2.75, 3.05) is 0 Å². The van der Waals surface area contributed by atoms with E-state index in [4.69, 9.17) is 11.6 Å². The van der Waals surface area contributed by atoms with Crippen molar-refractivity contribution in [3.63, 3.8) is 0 Å². The van der Waals surface area contributed by atoms with Gasteiger partial charge in [-0.25, -0.2) is 0 Å². The van der Waals surface area contributed by atoms with Crippen molar-refractivity contribution in [3.8, 4) is 0 Å². The summed E-state index contributed by atoms with van der Waals surface area (Å²) in [6.45, 7) is 0. The van der Waals surface area contributed by atoms with Gasteiger partial charge in [0.1, 0.15) is 0 Å². The van der Waals surface area contributed by atoms with Crippen LogP contribution in [0.4, 0.5) is 8.78 Å². The van der Waals surface area contributed by atoms with Crippen LogP contribution >= 0.6 is 11.6 Å². The Morgan fingerprint density at radius 1 is 1.27 bits per heavy atom. The van der Waals surface area contributed by atoms with Gasteiger partial charge in [-0.15, -0.1) is 0 Å². The minimum atomic E-state index is -1.53. The Morgan fingerprint density at radius 3 is 2.45 bits per heavy atom. The standard InChI is InChI=1S/C6H2AsClF2O/c8-4-2-5(9)3(7-11)1-6(4)10/h1-2H. The van der Waals surface area contributed by atoms with Crippen molar-refractivity contribution < 1.29 is 12.5 Å². The molecule has 1 rings (SSSR count). The molecule has 0 bridgehead atoms. The van der Waals surface area contributed by atoms with Crippen LogP contribution in [0.3, 0.4) is 0 Å². The quantitative estimate of drug-likeness (QED) is 0.532. The zero-order valence-electron chi connectivity index (χ0n) is 5.14. The van der Waals surface area contributed by atoms with E-state index >= 15 is 0 Å². The maximum absolute atomic E-state index is 12.6. The summed E-state index contributed by atoms with van der Waals surface area (Å²) in [5.74, 6) is -1.46. The zero-order chi connectivity index (χ0) is 8.43. The molecule has 5 heteroatoms. The molecule has 0 fully saturated rings. The van der Waals surface area contributed by atoms with E-state index in [1.54, 1.807) is 0 Å². The molecule has 1 aromatic rings. The molecule has 0 heterocycles. The number of rotatable bonds is 1. The third-order valence-electron chi connectivity index (χ3n) is 1.09. The average molecular weight is 238 g/mol. The molecule has 1 aromatic carbocycles. The number of halogens is 3. The molecular formula is C6H2AsClF2O. The molecule has 0 saturated carbocycles. The van der Waals surface area contributed by atoms with E-state index in [2.05, 4.69) is 0 Å². The molecule has 0 radical (unpaired) electrons. The Kier molecular flexibility index (Phi) is 2.74. The summed E-state index contributed by atoms with van der Waals surface area (Å²) in [4.78, 5) is 0. The van der Waals surface area contributed by atoms with Crippen LogP contribution in [0.5, 0.6) is 0 Å². The third kappa shape index (κ3) is 1.85. The van der Waals surface area contributed by atoms with Crippen molar-refractivity contribution in [1.82, 2.24) is 0 Å². The minimum absolute atomic E-state index is 0.108.